The van der Waals surface area contributed by atoms with E-state index in [-0.39, 0.29) is 5.41 Å². The minimum Gasteiger partial charge on any atom is -0.421 e. The van der Waals surface area contributed by atoms with Crippen molar-refractivity contribution in [3.63, 3.8) is 0 Å². The fourth-order valence-corrected chi connectivity index (χ4v) is 5.37. The Labute approximate surface area is 187 Å². The summed E-state index contributed by atoms with van der Waals surface area (Å²) >= 11 is 0. The summed E-state index contributed by atoms with van der Waals surface area (Å²) in [6.45, 7) is 6.43. The number of fused-ring (bicyclic) bond motifs is 3. The molecule has 1 aliphatic rings. The Hall–Kier alpha value is -2.42. The number of rotatable bonds is 11. The van der Waals surface area contributed by atoms with E-state index in [2.05, 4.69) is 66.5 Å². The molecule has 2 aromatic carbocycles. The molecule has 4 rings (SSSR count). The van der Waals surface area contributed by atoms with E-state index < -0.39 is 0 Å². The van der Waals surface area contributed by atoms with Crippen molar-refractivity contribution in [2.45, 2.75) is 90.4 Å². The van der Waals surface area contributed by atoms with E-state index in [1.54, 1.807) is 0 Å². The average Bonchev–Trinajstić information content (AvgIpc) is 3.34. The maximum atomic E-state index is 5.78. The van der Waals surface area contributed by atoms with Gasteiger partial charge in [-0.25, -0.2) is 0 Å². The highest BCUT2D eigenvalue weighted by molar-refractivity contribution is 5.83. The van der Waals surface area contributed by atoms with Crippen molar-refractivity contribution in [3.8, 4) is 22.6 Å². The monoisotopic (exact) mass is 416 g/mol. The normalized spacial score (nSPS) is 13.9. The summed E-state index contributed by atoms with van der Waals surface area (Å²) in [7, 11) is 0. The van der Waals surface area contributed by atoms with Gasteiger partial charge in [0.1, 0.15) is 0 Å². The van der Waals surface area contributed by atoms with Crippen molar-refractivity contribution < 1.29 is 4.42 Å². The minimum absolute atomic E-state index is 0.0957. The van der Waals surface area contributed by atoms with Gasteiger partial charge in [-0.2, -0.15) is 0 Å². The first-order chi connectivity index (χ1) is 15.2. The van der Waals surface area contributed by atoms with E-state index in [0.29, 0.717) is 11.8 Å². The first-order valence-electron chi connectivity index (χ1n) is 12.2. The summed E-state index contributed by atoms with van der Waals surface area (Å²) < 4.78 is 5.78. The largest absolute Gasteiger partial charge is 0.421 e. The molecule has 0 saturated carbocycles. The lowest BCUT2D eigenvalue weighted by Crippen LogP contribution is -2.25. The summed E-state index contributed by atoms with van der Waals surface area (Å²) in [5.41, 5.74) is 6.93. The number of benzene rings is 2. The highest BCUT2D eigenvalue weighted by Crippen LogP contribution is 2.54. The van der Waals surface area contributed by atoms with E-state index in [1.807, 2.05) is 6.92 Å². The van der Waals surface area contributed by atoms with Gasteiger partial charge in [0.2, 0.25) is 11.8 Å². The van der Waals surface area contributed by atoms with E-state index in [4.69, 9.17) is 4.42 Å². The molecular weight excluding hydrogens is 380 g/mol. The molecule has 3 nitrogen and oxygen atoms in total. The van der Waals surface area contributed by atoms with Crippen molar-refractivity contribution in [3.05, 3.63) is 59.5 Å². The molecule has 0 atom stereocenters. The highest BCUT2D eigenvalue weighted by atomic mass is 16.4. The molecule has 0 unspecified atom stereocenters. The molecule has 0 saturated heterocycles. The molecule has 0 radical (unpaired) electrons. The third-order valence-corrected chi connectivity index (χ3v) is 6.96. The second kappa shape index (κ2) is 9.80. The van der Waals surface area contributed by atoms with E-state index >= 15 is 0 Å². The zero-order valence-corrected chi connectivity index (χ0v) is 19.4. The molecule has 164 valence electrons. The molecule has 3 heteroatoms. The van der Waals surface area contributed by atoms with Gasteiger partial charge >= 0.3 is 0 Å². The molecule has 31 heavy (non-hydrogen) atoms. The maximum Gasteiger partial charge on any atom is 0.247 e. The summed E-state index contributed by atoms with van der Waals surface area (Å²) in [4.78, 5) is 0. The Kier molecular flexibility index (Phi) is 6.89. The smallest absolute Gasteiger partial charge is 0.247 e. The van der Waals surface area contributed by atoms with Gasteiger partial charge in [-0.1, -0.05) is 95.5 Å². The third kappa shape index (κ3) is 4.33. The van der Waals surface area contributed by atoms with Gasteiger partial charge in [0, 0.05) is 17.9 Å². The Morgan fingerprint density at radius 1 is 0.742 bits per heavy atom. The lowest BCUT2D eigenvalue weighted by atomic mass is 9.70. The van der Waals surface area contributed by atoms with Crippen LogP contribution < -0.4 is 0 Å². The summed E-state index contributed by atoms with van der Waals surface area (Å²) in [5, 5.41) is 8.35. The van der Waals surface area contributed by atoms with Crippen LogP contribution in [0.5, 0.6) is 0 Å². The average molecular weight is 417 g/mol. The standard InChI is InChI=1S/C28H36N2O/c1-4-6-8-12-18-28(19-13-9-7-5-2)25-15-11-10-14-23(25)24-17-16-22(20-26(24)28)27-30-29-21(3)31-27/h10-11,14-17,20H,4-9,12-13,18-19H2,1-3H3. The molecule has 0 aliphatic heterocycles. The van der Waals surface area contributed by atoms with Crippen molar-refractivity contribution in [2.75, 3.05) is 0 Å². The number of nitrogens with zero attached hydrogens (tertiary/aromatic N) is 2. The predicted octanol–water partition coefficient (Wildman–Crippen LogP) is 8.25. The molecule has 3 aromatic rings. The SMILES string of the molecule is CCCCCCC1(CCCCCC)c2ccccc2-c2ccc(-c3nnc(C)o3)cc21. The van der Waals surface area contributed by atoms with Crippen LogP contribution in [0.25, 0.3) is 22.6 Å². The Morgan fingerprint density at radius 3 is 2.06 bits per heavy atom. The van der Waals surface area contributed by atoms with E-state index in [1.165, 1.54) is 86.5 Å². The van der Waals surface area contributed by atoms with Crippen molar-refractivity contribution >= 4 is 0 Å². The summed E-state index contributed by atoms with van der Waals surface area (Å²) in [6, 6.07) is 15.9. The molecular formula is C28H36N2O. The highest BCUT2D eigenvalue weighted by Gasteiger charge is 2.42. The van der Waals surface area contributed by atoms with Gasteiger partial charge in [0.15, 0.2) is 0 Å². The third-order valence-electron chi connectivity index (χ3n) is 6.96. The summed E-state index contributed by atoms with van der Waals surface area (Å²) in [5.74, 6) is 1.24. The molecule has 1 aliphatic carbocycles. The number of unbranched alkanes of at least 4 members (excludes halogenated alkanes) is 6. The van der Waals surface area contributed by atoms with Crippen LogP contribution >= 0.6 is 0 Å². The van der Waals surface area contributed by atoms with Crippen LogP contribution in [-0.4, -0.2) is 10.2 Å². The predicted molar refractivity (Wildman–Crippen MR) is 128 cm³/mol. The van der Waals surface area contributed by atoms with Crippen molar-refractivity contribution in [1.29, 1.82) is 0 Å². The van der Waals surface area contributed by atoms with Crippen LogP contribution in [0.4, 0.5) is 0 Å². The lowest BCUT2D eigenvalue weighted by molar-refractivity contribution is 0.401. The van der Waals surface area contributed by atoms with Crippen molar-refractivity contribution in [2.24, 2.45) is 0 Å². The fraction of sp³-hybridized carbons (Fsp3) is 0.500. The zero-order chi connectivity index (χ0) is 21.7. The number of aromatic nitrogens is 2. The molecule has 0 fully saturated rings. The van der Waals surface area contributed by atoms with Crippen LogP contribution in [0.2, 0.25) is 0 Å². The molecule has 0 spiro atoms. The maximum absolute atomic E-state index is 5.78. The van der Waals surface area contributed by atoms with E-state index in [0.717, 1.165) is 5.56 Å². The quantitative estimate of drug-likeness (QED) is 0.295. The van der Waals surface area contributed by atoms with Gasteiger partial charge in [0.25, 0.3) is 0 Å². The number of hydrogen-bond acceptors (Lipinski definition) is 3. The summed E-state index contributed by atoms with van der Waals surface area (Å²) in [6.07, 6.45) is 12.8. The Bertz CT molecular complexity index is 992. The van der Waals surface area contributed by atoms with Crippen LogP contribution in [0, 0.1) is 6.92 Å². The van der Waals surface area contributed by atoms with Crippen LogP contribution in [0.3, 0.4) is 0 Å². The topological polar surface area (TPSA) is 38.9 Å². The van der Waals surface area contributed by atoms with Crippen molar-refractivity contribution in [1.82, 2.24) is 10.2 Å². The molecule has 1 aromatic heterocycles. The molecule has 0 amide bonds. The number of aryl methyl sites for hydroxylation is 1. The van der Waals surface area contributed by atoms with Crippen LogP contribution in [0.15, 0.2) is 46.9 Å². The first-order valence-corrected chi connectivity index (χ1v) is 12.2. The second-order valence-electron chi connectivity index (χ2n) is 9.14. The van der Waals surface area contributed by atoms with E-state index in [9.17, 15) is 0 Å². The van der Waals surface area contributed by atoms with Gasteiger partial charge in [0.05, 0.1) is 0 Å². The minimum atomic E-state index is 0.0957. The lowest BCUT2D eigenvalue weighted by Gasteiger charge is -2.33. The van der Waals surface area contributed by atoms with Crippen LogP contribution in [-0.2, 0) is 5.41 Å². The fourth-order valence-electron chi connectivity index (χ4n) is 5.37. The Balaban J connectivity index is 1.77. The number of hydrogen-bond donors (Lipinski definition) is 0. The van der Waals surface area contributed by atoms with Gasteiger partial charge < -0.3 is 4.42 Å². The zero-order valence-electron chi connectivity index (χ0n) is 19.4. The second-order valence-corrected chi connectivity index (χ2v) is 9.14. The molecule has 1 heterocycles. The van der Waals surface area contributed by atoms with Gasteiger partial charge in [-0.15, -0.1) is 10.2 Å². The first kappa shape index (κ1) is 21.8. The van der Waals surface area contributed by atoms with Crippen LogP contribution in [0.1, 0.15) is 95.1 Å². The Morgan fingerprint density at radius 2 is 1.42 bits per heavy atom. The molecule has 0 N–H and O–H groups in total. The molecule has 0 bridgehead atoms. The van der Waals surface area contributed by atoms with Gasteiger partial charge in [-0.3, -0.25) is 0 Å². The van der Waals surface area contributed by atoms with Gasteiger partial charge in [-0.05, 0) is 47.2 Å².